The van der Waals surface area contributed by atoms with Crippen molar-refractivity contribution in [2.24, 2.45) is 0 Å². The summed E-state index contributed by atoms with van der Waals surface area (Å²) in [5, 5.41) is 0. The molecule has 1 aromatic rings. The molecular weight excluding hydrogens is 213 g/mol. The first-order chi connectivity index (χ1) is 6.53. The van der Waals surface area contributed by atoms with E-state index in [1.165, 1.54) is 12.1 Å². The van der Waals surface area contributed by atoms with Gasteiger partial charge in [-0.1, -0.05) is 18.2 Å². The smallest absolute Gasteiger partial charge is 0.406 e. The van der Waals surface area contributed by atoms with Gasteiger partial charge in [0.15, 0.2) is 0 Å². The van der Waals surface area contributed by atoms with E-state index in [0.29, 0.717) is 17.7 Å². The van der Waals surface area contributed by atoms with Crippen LogP contribution in [0.4, 0.5) is 13.2 Å². The Morgan fingerprint density at radius 3 is 2.43 bits per heavy atom. The van der Waals surface area contributed by atoms with Gasteiger partial charge in [-0.2, -0.15) is 12.6 Å². The van der Waals surface area contributed by atoms with E-state index >= 15 is 0 Å². The molecule has 0 bridgehead atoms. The molecule has 0 aliphatic heterocycles. The fraction of sp³-hybridized carbons (Fsp3) is 0.333. The minimum Gasteiger partial charge on any atom is -0.406 e. The Kier molecular flexibility index (Phi) is 3.69. The van der Waals surface area contributed by atoms with Gasteiger partial charge in [-0.3, -0.25) is 0 Å². The maximum atomic E-state index is 11.9. The van der Waals surface area contributed by atoms with Crippen LogP contribution < -0.4 is 4.74 Å². The highest BCUT2D eigenvalue weighted by Gasteiger charge is 2.31. The molecule has 0 spiro atoms. The van der Waals surface area contributed by atoms with Crippen LogP contribution in [0, 0.1) is 0 Å². The molecule has 0 atom stereocenters. The Hall–Kier alpha value is -0.840. The summed E-state index contributed by atoms with van der Waals surface area (Å²) in [6.45, 7) is 0. The third-order valence-electron chi connectivity index (χ3n) is 1.58. The van der Waals surface area contributed by atoms with Gasteiger partial charge in [0, 0.05) is 0 Å². The van der Waals surface area contributed by atoms with Crippen molar-refractivity contribution < 1.29 is 17.9 Å². The zero-order valence-corrected chi connectivity index (χ0v) is 8.11. The summed E-state index contributed by atoms with van der Waals surface area (Å²) in [5.41, 5.74) is 0.514. The topological polar surface area (TPSA) is 9.23 Å². The van der Waals surface area contributed by atoms with Crippen molar-refractivity contribution in [2.45, 2.75) is 12.8 Å². The van der Waals surface area contributed by atoms with Crippen molar-refractivity contribution in [3.63, 3.8) is 0 Å². The number of hydrogen-bond acceptors (Lipinski definition) is 2. The van der Waals surface area contributed by atoms with Crippen LogP contribution in [0.25, 0.3) is 0 Å². The van der Waals surface area contributed by atoms with Crippen molar-refractivity contribution in [2.75, 3.05) is 5.75 Å². The van der Waals surface area contributed by atoms with E-state index in [-0.39, 0.29) is 5.75 Å². The molecule has 1 rings (SSSR count). The quantitative estimate of drug-likeness (QED) is 0.773. The highest BCUT2D eigenvalue weighted by atomic mass is 32.1. The van der Waals surface area contributed by atoms with Crippen LogP contribution in [-0.2, 0) is 6.42 Å². The maximum absolute atomic E-state index is 11.9. The summed E-state index contributed by atoms with van der Waals surface area (Å²) in [7, 11) is 0. The molecule has 0 saturated carbocycles. The fourth-order valence-electron chi connectivity index (χ4n) is 1.06. The second-order valence-electron chi connectivity index (χ2n) is 2.63. The van der Waals surface area contributed by atoms with Crippen molar-refractivity contribution >= 4 is 12.6 Å². The highest BCUT2D eigenvalue weighted by molar-refractivity contribution is 7.80. The van der Waals surface area contributed by atoms with Gasteiger partial charge < -0.3 is 4.74 Å². The summed E-state index contributed by atoms with van der Waals surface area (Å²) in [5.74, 6) is 0.340. The molecule has 1 nitrogen and oxygen atoms in total. The van der Waals surface area contributed by atoms with Gasteiger partial charge in [-0.25, -0.2) is 0 Å². The van der Waals surface area contributed by atoms with Gasteiger partial charge in [0.2, 0.25) is 0 Å². The second-order valence-corrected chi connectivity index (χ2v) is 3.08. The first kappa shape index (κ1) is 11.2. The van der Waals surface area contributed by atoms with E-state index in [9.17, 15) is 13.2 Å². The molecule has 0 amide bonds. The molecule has 0 saturated heterocycles. The number of para-hydroxylation sites is 1. The molecule has 14 heavy (non-hydrogen) atoms. The Balaban J connectivity index is 2.84. The number of alkyl halides is 3. The number of rotatable bonds is 3. The third-order valence-corrected chi connectivity index (χ3v) is 1.80. The second kappa shape index (κ2) is 4.59. The molecule has 0 heterocycles. The fourth-order valence-corrected chi connectivity index (χ4v) is 1.30. The normalized spacial score (nSPS) is 11.4. The zero-order valence-electron chi connectivity index (χ0n) is 7.21. The van der Waals surface area contributed by atoms with E-state index in [2.05, 4.69) is 17.4 Å². The van der Waals surface area contributed by atoms with Crippen LogP contribution in [0.5, 0.6) is 5.75 Å². The molecule has 0 aliphatic rings. The molecule has 78 valence electrons. The average Bonchev–Trinajstić information content (AvgIpc) is 2.06. The minimum absolute atomic E-state index is 0.144. The summed E-state index contributed by atoms with van der Waals surface area (Å²) in [6, 6.07) is 6.06. The molecule has 5 heteroatoms. The van der Waals surface area contributed by atoms with E-state index < -0.39 is 6.36 Å². The number of halogens is 3. The molecule has 0 radical (unpaired) electrons. The average molecular weight is 222 g/mol. The zero-order chi connectivity index (χ0) is 10.6. The van der Waals surface area contributed by atoms with Crippen LogP contribution in [0.15, 0.2) is 24.3 Å². The van der Waals surface area contributed by atoms with E-state index in [0.717, 1.165) is 0 Å². The molecule has 0 N–H and O–H groups in total. The first-order valence-electron chi connectivity index (χ1n) is 3.97. The third kappa shape index (κ3) is 3.49. The predicted octanol–water partition coefficient (Wildman–Crippen LogP) is 3.06. The minimum atomic E-state index is -4.63. The van der Waals surface area contributed by atoms with Crippen molar-refractivity contribution in [1.29, 1.82) is 0 Å². The standard InChI is InChI=1S/C9H9F3OS/c10-9(11,12)13-8-4-2-1-3-7(8)5-6-14/h1-4,14H,5-6H2. The molecule has 1 aromatic carbocycles. The van der Waals surface area contributed by atoms with Gasteiger partial charge >= 0.3 is 6.36 Å². The SMILES string of the molecule is FC(F)(F)Oc1ccccc1CCS. The van der Waals surface area contributed by atoms with Gasteiger partial charge in [-0.15, -0.1) is 13.2 Å². The number of benzene rings is 1. The Morgan fingerprint density at radius 2 is 1.86 bits per heavy atom. The van der Waals surface area contributed by atoms with Gasteiger partial charge in [-0.05, 0) is 23.8 Å². The number of aryl methyl sites for hydroxylation is 1. The van der Waals surface area contributed by atoms with Gasteiger partial charge in [0.05, 0.1) is 0 Å². The van der Waals surface area contributed by atoms with E-state index in [1.54, 1.807) is 12.1 Å². The van der Waals surface area contributed by atoms with E-state index in [4.69, 9.17) is 0 Å². The molecule has 0 aromatic heterocycles. The molecular formula is C9H9F3OS. The Bertz CT molecular complexity index is 298. The summed E-state index contributed by atoms with van der Waals surface area (Å²) in [4.78, 5) is 0. The first-order valence-corrected chi connectivity index (χ1v) is 4.60. The summed E-state index contributed by atoms with van der Waals surface area (Å²) in [6.07, 6.45) is -4.18. The summed E-state index contributed by atoms with van der Waals surface area (Å²) < 4.78 is 39.6. The molecule has 0 fully saturated rings. The van der Waals surface area contributed by atoms with E-state index in [1.807, 2.05) is 0 Å². The number of ether oxygens (including phenoxy) is 1. The highest BCUT2D eigenvalue weighted by Crippen LogP contribution is 2.26. The Labute approximate surface area is 85.3 Å². The molecule has 0 unspecified atom stereocenters. The van der Waals surface area contributed by atoms with Crippen molar-refractivity contribution in [3.8, 4) is 5.75 Å². The van der Waals surface area contributed by atoms with Crippen LogP contribution >= 0.6 is 12.6 Å². The molecule has 0 aliphatic carbocycles. The monoisotopic (exact) mass is 222 g/mol. The lowest BCUT2D eigenvalue weighted by Crippen LogP contribution is -2.18. The van der Waals surface area contributed by atoms with Gasteiger partial charge in [0.1, 0.15) is 5.75 Å². The predicted molar refractivity (Wildman–Crippen MR) is 50.7 cm³/mol. The van der Waals surface area contributed by atoms with Crippen LogP contribution in [0.2, 0.25) is 0 Å². The lowest BCUT2D eigenvalue weighted by Gasteiger charge is -2.12. The van der Waals surface area contributed by atoms with Crippen LogP contribution in [0.3, 0.4) is 0 Å². The van der Waals surface area contributed by atoms with Crippen LogP contribution in [0.1, 0.15) is 5.56 Å². The summed E-state index contributed by atoms with van der Waals surface area (Å²) >= 11 is 3.95. The van der Waals surface area contributed by atoms with Crippen molar-refractivity contribution in [3.05, 3.63) is 29.8 Å². The van der Waals surface area contributed by atoms with Gasteiger partial charge in [0.25, 0.3) is 0 Å². The maximum Gasteiger partial charge on any atom is 0.573 e. The van der Waals surface area contributed by atoms with Crippen molar-refractivity contribution in [1.82, 2.24) is 0 Å². The lowest BCUT2D eigenvalue weighted by atomic mass is 10.1. The number of hydrogen-bond donors (Lipinski definition) is 1. The largest absolute Gasteiger partial charge is 0.573 e. The number of thiol groups is 1. The Morgan fingerprint density at radius 1 is 1.21 bits per heavy atom. The lowest BCUT2D eigenvalue weighted by molar-refractivity contribution is -0.274. The van der Waals surface area contributed by atoms with Crippen LogP contribution in [-0.4, -0.2) is 12.1 Å².